The minimum absolute atomic E-state index is 0.616. The zero-order valence-electron chi connectivity index (χ0n) is 12.5. The maximum Gasteiger partial charge on any atom is 0.420 e. The molecular weight excluding hydrogens is 357 g/mol. The molecule has 1 aromatic carbocycles. The Bertz CT molecular complexity index is 570. The third-order valence-corrected chi connectivity index (χ3v) is 3.58. The number of carbonyl (C=O) groups is 2. The Balaban J connectivity index is 2.24. The van der Waals surface area contributed by atoms with Gasteiger partial charge in [0.25, 0.3) is 0 Å². The van der Waals surface area contributed by atoms with E-state index < -0.39 is 36.6 Å². The van der Waals surface area contributed by atoms with Gasteiger partial charge >= 0.3 is 12.2 Å². The Morgan fingerprint density at radius 2 is 1.95 bits per heavy atom. The SMILES string of the molecule is CC(C)(C)OC(=O)N1C(=O)O[C@H](c2ccc(Br)cc2)[C@H]1CF. The molecule has 0 saturated carbocycles. The Morgan fingerprint density at radius 1 is 1.36 bits per heavy atom. The van der Waals surface area contributed by atoms with Gasteiger partial charge in [-0.1, -0.05) is 28.1 Å². The molecule has 2 rings (SSSR count). The third-order valence-electron chi connectivity index (χ3n) is 3.05. The maximum atomic E-state index is 13.4. The molecule has 1 aliphatic rings. The number of carbonyl (C=O) groups excluding carboxylic acids is 2. The quantitative estimate of drug-likeness (QED) is 0.778. The average molecular weight is 374 g/mol. The number of cyclic esters (lactones) is 1. The largest absolute Gasteiger partial charge is 0.443 e. The molecule has 2 amide bonds. The topological polar surface area (TPSA) is 55.8 Å². The molecule has 0 bridgehead atoms. The molecule has 0 unspecified atom stereocenters. The summed E-state index contributed by atoms with van der Waals surface area (Å²) in [7, 11) is 0. The number of halogens is 2. The fraction of sp³-hybridized carbons (Fsp3) is 0.467. The second-order valence-electron chi connectivity index (χ2n) is 5.93. The number of alkyl halides is 1. The average Bonchev–Trinajstić information content (AvgIpc) is 2.74. The molecular formula is C15H17BrFNO4. The summed E-state index contributed by atoms with van der Waals surface area (Å²) in [6.45, 7) is 4.10. The Kier molecular flexibility index (Phi) is 4.75. The van der Waals surface area contributed by atoms with Gasteiger partial charge in [-0.2, -0.15) is 0 Å². The van der Waals surface area contributed by atoms with Gasteiger partial charge in [-0.15, -0.1) is 0 Å². The molecule has 22 heavy (non-hydrogen) atoms. The number of imide groups is 1. The van der Waals surface area contributed by atoms with Crippen molar-refractivity contribution in [2.45, 2.75) is 38.5 Å². The highest BCUT2D eigenvalue weighted by Gasteiger charge is 2.47. The molecule has 0 radical (unpaired) electrons. The van der Waals surface area contributed by atoms with Crippen LogP contribution in [0.4, 0.5) is 14.0 Å². The summed E-state index contributed by atoms with van der Waals surface area (Å²) in [5.41, 5.74) is -0.168. The molecule has 1 saturated heterocycles. The predicted octanol–water partition coefficient (Wildman–Crippen LogP) is 4.22. The van der Waals surface area contributed by atoms with Crippen LogP contribution in [-0.4, -0.2) is 35.4 Å². The lowest BCUT2D eigenvalue weighted by molar-refractivity contribution is 0.0269. The van der Waals surface area contributed by atoms with Crippen LogP contribution in [-0.2, 0) is 9.47 Å². The number of rotatable bonds is 2. The number of nitrogens with zero attached hydrogens (tertiary/aromatic N) is 1. The Hall–Kier alpha value is -1.63. The van der Waals surface area contributed by atoms with Gasteiger partial charge in [0.1, 0.15) is 18.3 Å². The van der Waals surface area contributed by atoms with Crippen LogP contribution in [0.3, 0.4) is 0 Å². The molecule has 1 fully saturated rings. The van der Waals surface area contributed by atoms with Gasteiger partial charge in [0.05, 0.1) is 0 Å². The molecule has 1 aromatic rings. The lowest BCUT2D eigenvalue weighted by atomic mass is 10.0. The smallest absolute Gasteiger partial charge is 0.420 e. The van der Waals surface area contributed by atoms with E-state index in [1.807, 2.05) is 0 Å². The highest BCUT2D eigenvalue weighted by Crippen LogP contribution is 2.34. The molecule has 120 valence electrons. The van der Waals surface area contributed by atoms with Crippen molar-refractivity contribution in [3.63, 3.8) is 0 Å². The molecule has 2 atom stereocenters. The van der Waals surface area contributed by atoms with E-state index in [2.05, 4.69) is 15.9 Å². The first kappa shape index (κ1) is 16.7. The first-order chi connectivity index (χ1) is 10.2. The zero-order chi connectivity index (χ0) is 16.5. The van der Waals surface area contributed by atoms with Crippen LogP contribution >= 0.6 is 15.9 Å². The third kappa shape index (κ3) is 3.58. The summed E-state index contributed by atoms with van der Waals surface area (Å²) in [5.74, 6) is 0. The normalized spacial score (nSPS) is 21.7. The highest BCUT2D eigenvalue weighted by atomic mass is 79.9. The Morgan fingerprint density at radius 3 is 2.45 bits per heavy atom. The lowest BCUT2D eigenvalue weighted by Gasteiger charge is -2.25. The van der Waals surface area contributed by atoms with Crippen molar-refractivity contribution in [1.29, 1.82) is 0 Å². The molecule has 1 aliphatic heterocycles. The van der Waals surface area contributed by atoms with Crippen molar-refractivity contribution in [3.05, 3.63) is 34.3 Å². The first-order valence-electron chi connectivity index (χ1n) is 6.77. The minimum atomic E-state index is -1.04. The van der Waals surface area contributed by atoms with Crippen LogP contribution in [0.1, 0.15) is 32.4 Å². The van der Waals surface area contributed by atoms with Crippen molar-refractivity contribution < 1.29 is 23.5 Å². The summed E-state index contributed by atoms with van der Waals surface area (Å²) in [4.78, 5) is 24.8. The molecule has 5 nitrogen and oxygen atoms in total. The zero-order valence-corrected chi connectivity index (χ0v) is 14.1. The number of hydrogen-bond acceptors (Lipinski definition) is 4. The Labute approximate surface area is 136 Å². The number of benzene rings is 1. The molecule has 0 aromatic heterocycles. The van der Waals surface area contributed by atoms with E-state index in [0.717, 1.165) is 4.47 Å². The van der Waals surface area contributed by atoms with E-state index in [4.69, 9.17) is 9.47 Å². The van der Waals surface area contributed by atoms with Gasteiger partial charge in [-0.25, -0.2) is 18.9 Å². The van der Waals surface area contributed by atoms with Crippen molar-refractivity contribution in [2.75, 3.05) is 6.67 Å². The number of amides is 2. The molecule has 7 heteroatoms. The van der Waals surface area contributed by atoms with Crippen molar-refractivity contribution in [3.8, 4) is 0 Å². The van der Waals surface area contributed by atoms with Gasteiger partial charge in [0, 0.05) is 4.47 Å². The van der Waals surface area contributed by atoms with E-state index >= 15 is 0 Å². The molecule has 0 spiro atoms. The van der Waals surface area contributed by atoms with Crippen LogP contribution in [0, 0.1) is 0 Å². The van der Waals surface area contributed by atoms with E-state index in [1.54, 1.807) is 45.0 Å². The van der Waals surface area contributed by atoms with E-state index in [0.29, 0.717) is 10.5 Å². The van der Waals surface area contributed by atoms with Crippen LogP contribution in [0.5, 0.6) is 0 Å². The van der Waals surface area contributed by atoms with E-state index in [-0.39, 0.29) is 0 Å². The fourth-order valence-corrected chi connectivity index (χ4v) is 2.39. The second kappa shape index (κ2) is 6.24. The predicted molar refractivity (Wildman–Crippen MR) is 81.2 cm³/mol. The van der Waals surface area contributed by atoms with Crippen molar-refractivity contribution in [1.82, 2.24) is 4.90 Å². The lowest BCUT2D eigenvalue weighted by Crippen LogP contribution is -2.43. The van der Waals surface area contributed by atoms with Crippen LogP contribution in [0.2, 0.25) is 0 Å². The van der Waals surface area contributed by atoms with Gasteiger partial charge in [0.15, 0.2) is 6.10 Å². The summed E-state index contributed by atoms with van der Waals surface area (Å²) >= 11 is 3.30. The van der Waals surface area contributed by atoms with Gasteiger partial charge < -0.3 is 9.47 Å². The van der Waals surface area contributed by atoms with Crippen LogP contribution in [0.25, 0.3) is 0 Å². The van der Waals surface area contributed by atoms with Crippen LogP contribution < -0.4 is 0 Å². The standard InChI is InChI=1S/C15H17BrFNO4/c1-15(2,3)22-14(20)18-11(8-17)12(21-13(18)19)9-4-6-10(16)7-5-9/h4-7,11-12H,8H2,1-3H3/t11-,12-/m1/s1. The first-order valence-corrected chi connectivity index (χ1v) is 7.56. The van der Waals surface area contributed by atoms with E-state index in [1.165, 1.54) is 0 Å². The van der Waals surface area contributed by atoms with Gasteiger partial charge in [-0.3, -0.25) is 0 Å². The summed E-state index contributed by atoms with van der Waals surface area (Å²) in [6.07, 6.45) is -2.65. The fourth-order valence-electron chi connectivity index (χ4n) is 2.13. The van der Waals surface area contributed by atoms with Crippen molar-refractivity contribution in [2.24, 2.45) is 0 Å². The van der Waals surface area contributed by atoms with Crippen molar-refractivity contribution >= 4 is 28.1 Å². The number of hydrogen-bond donors (Lipinski definition) is 0. The maximum absolute atomic E-state index is 13.4. The monoisotopic (exact) mass is 373 g/mol. The summed E-state index contributed by atoms with van der Waals surface area (Å²) in [5, 5.41) is 0. The minimum Gasteiger partial charge on any atom is -0.443 e. The molecule has 1 heterocycles. The highest BCUT2D eigenvalue weighted by molar-refractivity contribution is 9.10. The summed E-state index contributed by atoms with van der Waals surface area (Å²) in [6, 6.07) is 5.90. The molecule has 0 aliphatic carbocycles. The van der Waals surface area contributed by atoms with Crippen LogP contribution in [0.15, 0.2) is 28.7 Å². The molecule has 0 N–H and O–H groups in total. The van der Waals surface area contributed by atoms with Gasteiger partial charge in [-0.05, 0) is 38.5 Å². The number of ether oxygens (including phenoxy) is 2. The summed E-state index contributed by atoms with van der Waals surface area (Å²) < 4.78 is 24.6. The van der Waals surface area contributed by atoms with Gasteiger partial charge in [0.2, 0.25) is 0 Å². The second-order valence-corrected chi connectivity index (χ2v) is 6.84. The van der Waals surface area contributed by atoms with E-state index in [9.17, 15) is 14.0 Å².